The van der Waals surface area contributed by atoms with Gasteiger partial charge in [0, 0.05) is 39.1 Å². The molecular weight excluding hydrogens is 607 g/mol. The highest BCUT2D eigenvalue weighted by Gasteiger charge is 2.16. The first-order chi connectivity index (χ1) is 24.8. The van der Waals surface area contributed by atoms with Crippen molar-refractivity contribution in [3.63, 3.8) is 0 Å². The molecule has 0 amide bonds. The number of para-hydroxylation sites is 2. The summed E-state index contributed by atoms with van der Waals surface area (Å²) < 4.78 is 2.38. The second kappa shape index (κ2) is 12.8. The lowest BCUT2D eigenvalue weighted by Crippen LogP contribution is -2.20. The van der Waals surface area contributed by atoms with E-state index in [-0.39, 0.29) is 6.04 Å². The Labute approximate surface area is 292 Å². The van der Waals surface area contributed by atoms with Crippen LogP contribution in [0.5, 0.6) is 0 Å². The summed E-state index contributed by atoms with van der Waals surface area (Å²) in [6, 6.07) is 63.0. The number of anilines is 2. The van der Waals surface area contributed by atoms with E-state index in [9.17, 15) is 0 Å². The first kappa shape index (κ1) is 29.6. The van der Waals surface area contributed by atoms with Crippen LogP contribution in [0.15, 0.2) is 194 Å². The number of hydrogen-bond donors (Lipinski definition) is 2. The molecule has 0 fully saturated rings. The Hall–Kier alpha value is -6.58. The average Bonchev–Trinajstić information content (AvgIpc) is 3.53. The molecule has 0 radical (unpaired) electrons. The number of nitrogens with one attached hydrogen (secondary N) is 2. The van der Waals surface area contributed by atoms with Crippen LogP contribution < -0.4 is 10.6 Å². The SMILES string of the molecule is C1=CC(c2ccccc2)NC(c2ccc(-n3c4ccccc4c4cc(-c5ccc(-c6ccccc6)c(Nc6ccccc6)c5)ccc43)cc2)=C1. The summed E-state index contributed by atoms with van der Waals surface area (Å²) in [5.74, 6) is 0. The molecule has 1 aliphatic heterocycles. The topological polar surface area (TPSA) is 29.0 Å². The van der Waals surface area contributed by atoms with Gasteiger partial charge in [0.15, 0.2) is 0 Å². The Bertz CT molecular complexity index is 2510. The Morgan fingerprint density at radius 1 is 0.500 bits per heavy atom. The average molecular weight is 642 g/mol. The van der Waals surface area contributed by atoms with Gasteiger partial charge < -0.3 is 15.2 Å². The van der Waals surface area contributed by atoms with E-state index in [0.29, 0.717) is 0 Å². The maximum absolute atomic E-state index is 3.71. The lowest BCUT2D eigenvalue weighted by atomic mass is 9.97. The Morgan fingerprint density at radius 3 is 1.94 bits per heavy atom. The van der Waals surface area contributed by atoms with Crippen LogP contribution in [0.4, 0.5) is 11.4 Å². The minimum Gasteiger partial charge on any atom is -0.374 e. The third-order valence-corrected chi connectivity index (χ3v) is 9.64. The summed E-state index contributed by atoms with van der Waals surface area (Å²) in [5.41, 5.74) is 13.9. The van der Waals surface area contributed by atoms with Crippen molar-refractivity contribution in [3.05, 3.63) is 205 Å². The standard InChI is InChI=1S/C47H35N3/c1-4-13-33(14-5-1)40-29-25-37(32-45(40)48-38-17-8-3-9-18-38)36-26-30-47-42(31-36)41-19-10-11-22-46(41)50(47)39-27-23-35(24-28-39)44-21-12-20-43(49-44)34-15-6-2-7-16-34/h1-32,43,48-49H. The second-order valence-electron chi connectivity index (χ2n) is 12.7. The van der Waals surface area contributed by atoms with Crippen LogP contribution in [0.3, 0.4) is 0 Å². The molecule has 2 heterocycles. The van der Waals surface area contributed by atoms with Gasteiger partial charge >= 0.3 is 0 Å². The normalized spacial score (nSPS) is 14.0. The highest BCUT2D eigenvalue weighted by Crippen LogP contribution is 2.38. The molecule has 238 valence electrons. The number of aromatic nitrogens is 1. The molecule has 1 aromatic heterocycles. The second-order valence-corrected chi connectivity index (χ2v) is 12.7. The number of allylic oxidation sites excluding steroid dienone is 2. The molecule has 0 saturated carbocycles. The van der Waals surface area contributed by atoms with Gasteiger partial charge in [-0.2, -0.15) is 0 Å². The van der Waals surface area contributed by atoms with Crippen LogP contribution >= 0.6 is 0 Å². The van der Waals surface area contributed by atoms with E-state index >= 15 is 0 Å². The molecule has 1 aliphatic rings. The van der Waals surface area contributed by atoms with Crippen molar-refractivity contribution < 1.29 is 0 Å². The van der Waals surface area contributed by atoms with Crippen LogP contribution in [0.1, 0.15) is 17.2 Å². The zero-order chi connectivity index (χ0) is 33.3. The van der Waals surface area contributed by atoms with Crippen LogP contribution in [0.25, 0.3) is 55.4 Å². The predicted octanol–water partition coefficient (Wildman–Crippen LogP) is 12.1. The highest BCUT2D eigenvalue weighted by atomic mass is 15.0. The Kier molecular flexibility index (Phi) is 7.56. The number of rotatable bonds is 7. The van der Waals surface area contributed by atoms with Gasteiger partial charge in [-0.1, -0.05) is 140 Å². The molecule has 0 saturated heterocycles. The minimum atomic E-state index is 0.155. The molecule has 8 aromatic rings. The lowest BCUT2D eigenvalue weighted by Gasteiger charge is -2.22. The van der Waals surface area contributed by atoms with Crippen molar-refractivity contribution in [3.8, 4) is 27.9 Å². The van der Waals surface area contributed by atoms with Gasteiger partial charge in [-0.15, -0.1) is 0 Å². The van der Waals surface area contributed by atoms with E-state index in [1.54, 1.807) is 0 Å². The number of hydrogen-bond acceptors (Lipinski definition) is 2. The zero-order valence-electron chi connectivity index (χ0n) is 27.5. The van der Waals surface area contributed by atoms with Gasteiger partial charge in [0.2, 0.25) is 0 Å². The van der Waals surface area contributed by atoms with Crippen molar-refractivity contribution in [2.24, 2.45) is 0 Å². The monoisotopic (exact) mass is 641 g/mol. The summed E-state index contributed by atoms with van der Waals surface area (Å²) in [6.07, 6.45) is 6.51. The van der Waals surface area contributed by atoms with Crippen LogP contribution in [0.2, 0.25) is 0 Å². The van der Waals surface area contributed by atoms with Crippen molar-refractivity contribution >= 4 is 38.9 Å². The summed E-state index contributed by atoms with van der Waals surface area (Å²) in [7, 11) is 0. The summed E-state index contributed by atoms with van der Waals surface area (Å²) in [6.45, 7) is 0. The number of nitrogens with zero attached hydrogens (tertiary/aromatic N) is 1. The van der Waals surface area contributed by atoms with E-state index in [0.717, 1.165) is 22.8 Å². The fraction of sp³-hybridized carbons (Fsp3) is 0.0213. The molecule has 50 heavy (non-hydrogen) atoms. The molecule has 1 unspecified atom stereocenters. The third-order valence-electron chi connectivity index (χ3n) is 9.64. The Balaban J connectivity index is 1.08. The largest absolute Gasteiger partial charge is 0.374 e. The maximum atomic E-state index is 3.71. The number of dihydropyridines is 1. The van der Waals surface area contributed by atoms with E-state index in [1.165, 1.54) is 55.2 Å². The van der Waals surface area contributed by atoms with Crippen LogP contribution in [-0.2, 0) is 0 Å². The quantitative estimate of drug-likeness (QED) is 0.181. The minimum absolute atomic E-state index is 0.155. The van der Waals surface area contributed by atoms with Gasteiger partial charge in [0.05, 0.1) is 17.1 Å². The fourth-order valence-corrected chi connectivity index (χ4v) is 7.16. The molecule has 1 atom stereocenters. The van der Waals surface area contributed by atoms with E-state index < -0.39 is 0 Å². The van der Waals surface area contributed by atoms with Crippen molar-refractivity contribution in [2.75, 3.05) is 5.32 Å². The molecule has 2 N–H and O–H groups in total. The van der Waals surface area contributed by atoms with E-state index in [1.807, 2.05) is 6.07 Å². The molecular formula is C47H35N3. The van der Waals surface area contributed by atoms with Crippen molar-refractivity contribution in [1.29, 1.82) is 0 Å². The van der Waals surface area contributed by atoms with Crippen molar-refractivity contribution in [1.82, 2.24) is 9.88 Å². The zero-order valence-corrected chi connectivity index (χ0v) is 27.5. The van der Waals surface area contributed by atoms with Gasteiger partial charge in [-0.25, -0.2) is 0 Å². The molecule has 0 aliphatic carbocycles. The predicted molar refractivity (Wildman–Crippen MR) is 211 cm³/mol. The first-order valence-corrected chi connectivity index (χ1v) is 17.1. The maximum Gasteiger partial charge on any atom is 0.0701 e. The molecule has 3 nitrogen and oxygen atoms in total. The smallest absolute Gasteiger partial charge is 0.0701 e. The van der Waals surface area contributed by atoms with Crippen LogP contribution in [0, 0.1) is 0 Å². The van der Waals surface area contributed by atoms with Gasteiger partial charge in [0.25, 0.3) is 0 Å². The summed E-state index contributed by atoms with van der Waals surface area (Å²) in [4.78, 5) is 0. The highest BCUT2D eigenvalue weighted by molar-refractivity contribution is 6.10. The Morgan fingerprint density at radius 2 is 1.14 bits per heavy atom. The molecule has 0 bridgehead atoms. The fourth-order valence-electron chi connectivity index (χ4n) is 7.16. The molecule has 0 spiro atoms. The first-order valence-electron chi connectivity index (χ1n) is 17.1. The number of benzene rings is 7. The molecule has 7 aromatic carbocycles. The van der Waals surface area contributed by atoms with E-state index in [2.05, 4.69) is 203 Å². The van der Waals surface area contributed by atoms with Gasteiger partial charge in [-0.3, -0.25) is 0 Å². The summed E-state index contributed by atoms with van der Waals surface area (Å²) >= 11 is 0. The third kappa shape index (κ3) is 5.55. The summed E-state index contributed by atoms with van der Waals surface area (Å²) in [5, 5.41) is 9.89. The van der Waals surface area contributed by atoms with Crippen LogP contribution in [-0.4, -0.2) is 4.57 Å². The molecule has 9 rings (SSSR count). The molecule has 3 heteroatoms. The van der Waals surface area contributed by atoms with Crippen molar-refractivity contribution in [2.45, 2.75) is 6.04 Å². The van der Waals surface area contributed by atoms with Gasteiger partial charge in [0.1, 0.15) is 0 Å². The number of fused-ring (bicyclic) bond motifs is 3. The lowest BCUT2D eigenvalue weighted by molar-refractivity contribution is 0.764. The van der Waals surface area contributed by atoms with Gasteiger partial charge in [-0.05, 0) is 82.4 Å². The van der Waals surface area contributed by atoms with E-state index in [4.69, 9.17) is 0 Å².